The fraction of sp³-hybridized carbons (Fsp3) is 0.300. The zero-order valence-corrected chi connectivity index (χ0v) is 14.9. The van der Waals surface area contributed by atoms with Crippen molar-refractivity contribution in [2.45, 2.75) is 18.3 Å². The number of likely N-dealkylation sites (N-methyl/N-ethyl adjacent to an activating group) is 1. The Bertz CT molecular complexity index is 832. The molecule has 0 spiro atoms. The Labute approximate surface area is 152 Å². The molecule has 1 aliphatic rings. The third kappa shape index (κ3) is 3.46. The summed E-state index contributed by atoms with van der Waals surface area (Å²) in [4.78, 5) is 7.02. The van der Waals surface area contributed by atoms with Crippen LogP contribution in [0.4, 0.5) is 0 Å². The molecule has 4 rings (SSSR count). The van der Waals surface area contributed by atoms with Crippen LogP contribution in [0.5, 0.6) is 0 Å². The molecule has 2 atom stereocenters. The molecule has 128 valence electrons. The van der Waals surface area contributed by atoms with Crippen molar-refractivity contribution in [3.63, 3.8) is 0 Å². The fourth-order valence-electron chi connectivity index (χ4n) is 3.56. The molecule has 5 heteroatoms. The highest BCUT2D eigenvalue weighted by Gasteiger charge is 2.34. The molecule has 2 heterocycles. The molecule has 2 unspecified atom stereocenters. The molecule has 1 aliphatic heterocycles. The normalized spacial score (nSPS) is 21.4. The van der Waals surface area contributed by atoms with Crippen LogP contribution >= 0.6 is 11.6 Å². The molecule has 3 aromatic rings. The van der Waals surface area contributed by atoms with Gasteiger partial charge in [-0.05, 0) is 43.6 Å². The van der Waals surface area contributed by atoms with Crippen LogP contribution in [0.25, 0.3) is 11.4 Å². The fourth-order valence-corrected chi connectivity index (χ4v) is 3.69. The lowest BCUT2D eigenvalue weighted by molar-refractivity contribution is 0.198. The molecule has 1 saturated heterocycles. The van der Waals surface area contributed by atoms with Crippen LogP contribution in [0.3, 0.4) is 0 Å². The third-order valence-electron chi connectivity index (χ3n) is 4.90. The number of aromatic nitrogens is 2. The van der Waals surface area contributed by atoms with Gasteiger partial charge in [0.05, 0.1) is 5.92 Å². The Morgan fingerprint density at radius 3 is 2.56 bits per heavy atom. The highest BCUT2D eigenvalue weighted by atomic mass is 35.5. The third-order valence-corrected chi connectivity index (χ3v) is 5.16. The highest BCUT2D eigenvalue weighted by molar-refractivity contribution is 6.30. The van der Waals surface area contributed by atoms with Crippen molar-refractivity contribution in [3.05, 3.63) is 71.1 Å². The molecule has 1 aromatic heterocycles. The second-order valence-electron chi connectivity index (χ2n) is 6.64. The molecular formula is C20H20ClN3O. The van der Waals surface area contributed by atoms with Gasteiger partial charge in [-0.15, -0.1) is 0 Å². The second kappa shape index (κ2) is 6.98. The van der Waals surface area contributed by atoms with Crippen molar-refractivity contribution >= 4 is 11.6 Å². The number of benzene rings is 2. The summed E-state index contributed by atoms with van der Waals surface area (Å²) < 4.78 is 5.67. The van der Waals surface area contributed by atoms with Gasteiger partial charge in [-0.3, -0.25) is 0 Å². The Morgan fingerprint density at radius 1 is 1.04 bits per heavy atom. The van der Waals surface area contributed by atoms with E-state index in [9.17, 15) is 0 Å². The van der Waals surface area contributed by atoms with Gasteiger partial charge in [0, 0.05) is 17.1 Å². The lowest BCUT2D eigenvalue weighted by Gasteiger charge is -2.35. The van der Waals surface area contributed by atoms with Gasteiger partial charge >= 0.3 is 0 Å². The molecule has 25 heavy (non-hydrogen) atoms. The molecule has 0 amide bonds. The first kappa shape index (κ1) is 16.3. The molecule has 2 aromatic carbocycles. The number of hydrogen-bond donors (Lipinski definition) is 0. The largest absolute Gasteiger partial charge is 0.339 e. The van der Waals surface area contributed by atoms with Gasteiger partial charge in [-0.25, -0.2) is 0 Å². The van der Waals surface area contributed by atoms with Crippen LogP contribution in [0.1, 0.15) is 29.7 Å². The van der Waals surface area contributed by atoms with Gasteiger partial charge in [0.25, 0.3) is 0 Å². The van der Waals surface area contributed by atoms with E-state index >= 15 is 0 Å². The van der Waals surface area contributed by atoms with Gasteiger partial charge < -0.3 is 9.42 Å². The van der Waals surface area contributed by atoms with Crippen LogP contribution in [0, 0.1) is 0 Å². The predicted octanol–water partition coefficient (Wildman–Crippen LogP) is 4.59. The van der Waals surface area contributed by atoms with Gasteiger partial charge in [-0.2, -0.15) is 4.98 Å². The standard InChI is InChI=1S/C20H20ClN3O/c1-24-12-11-17(14-7-9-16(21)10-8-14)18(13-24)20-22-19(23-25-20)15-5-3-2-4-6-15/h2-10,17-18H,11-13H2,1H3. The van der Waals surface area contributed by atoms with Crippen molar-refractivity contribution in [1.29, 1.82) is 0 Å². The van der Waals surface area contributed by atoms with Crippen LogP contribution < -0.4 is 0 Å². The lowest BCUT2D eigenvalue weighted by atomic mass is 9.80. The summed E-state index contributed by atoms with van der Waals surface area (Å²) in [5.74, 6) is 1.91. The Balaban J connectivity index is 1.66. The average molecular weight is 354 g/mol. The molecule has 4 nitrogen and oxygen atoms in total. The van der Waals surface area contributed by atoms with Crippen molar-refractivity contribution < 1.29 is 4.52 Å². The summed E-state index contributed by atoms with van der Waals surface area (Å²) in [5.41, 5.74) is 2.26. The highest BCUT2D eigenvalue weighted by Crippen LogP contribution is 2.39. The van der Waals surface area contributed by atoms with E-state index < -0.39 is 0 Å². The molecule has 0 bridgehead atoms. The van der Waals surface area contributed by atoms with E-state index in [0.29, 0.717) is 17.6 Å². The summed E-state index contributed by atoms with van der Waals surface area (Å²) in [7, 11) is 2.14. The number of likely N-dealkylation sites (tertiary alicyclic amines) is 1. The monoisotopic (exact) mass is 353 g/mol. The van der Waals surface area contributed by atoms with Crippen LogP contribution in [0.2, 0.25) is 5.02 Å². The van der Waals surface area contributed by atoms with Gasteiger partial charge in [0.2, 0.25) is 11.7 Å². The number of piperidine rings is 1. The Hall–Kier alpha value is -2.17. The van der Waals surface area contributed by atoms with Gasteiger partial charge in [-0.1, -0.05) is 59.2 Å². The molecule has 0 aliphatic carbocycles. The Kier molecular flexibility index (Phi) is 4.55. The van der Waals surface area contributed by atoms with Crippen LogP contribution in [-0.4, -0.2) is 35.2 Å². The van der Waals surface area contributed by atoms with Gasteiger partial charge in [0.15, 0.2) is 0 Å². The first-order valence-corrected chi connectivity index (χ1v) is 8.91. The quantitative estimate of drug-likeness (QED) is 0.690. The Morgan fingerprint density at radius 2 is 1.80 bits per heavy atom. The minimum absolute atomic E-state index is 0.185. The summed E-state index contributed by atoms with van der Waals surface area (Å²) in [6, 6.07) is 18.1. The van der Waals surface area contributed by atoms with E-state index in [1.54, 1.807) is 0 Å². The maximum absolute atomic E-state index is 6.05. The lowest BCUT2D eigenvalue weighted by Crippen LogP contribution is -2.35. The van der Waals surface area contributed by atoms with Crippen molar-refractivity contribution in [3.8, 4) is 11.4 Å². The summed E-state index contributed by atoms with van der Waals surface area (Å²) in [5, 5.41) is 4.96. The molecule has 0 N–H and O–H groups in total. The average Bonchev–Trinajstić information content (AvgIpc) is 3.13. The van der Waals surface area contributed by atoms with E-state index in [1.165, 1.54) is 5.56 Å². The summed E-state index contributed by atoms with van der Waals surface area (Å²) in [6.07, 6.45) is 1.06. The van der Waals surface area contributed by atoms with E-state index in [2.05, 4.69) is 29.2 Å². The molecule has 0 saturated carbocycles. The van der Waals surface area contributed by atoms with Crippen LogP contribution in [-0.2, 0) is 0 Å². The molecule has 0 radical (unpaired) electrons. The first-order chi connectivity index (χ1) is 12.2. The topological polar surface area (TPSA) is 42.2 Å². The van der Waals surface area contributed by atoms with E-state index in [1.807, 2.05) is 42.5 Å². The van der Waals surface area contributed by atoms with Crippen LogP contribution in [0.15, 0.2) is 59.1 Å². The number of hydrogen-bond acceptors (Lipinski definition) is 4. The van der Waals surface area contributed by atoms with Crippen molar-refractivity contribution in [1.82, 2.24) is 15.0 Å². The van der Waals surface area contributed by atoms with E-state index in [-0.39, 0.29) is 5.92 Å². The minimum atomic E-state index is 0.185. The number of rotatable bonds is 3. The molecule has 1 fully saturated rings. The van der Waals surface area contributed by atoms with Crippen molar-refractivity contribution in [2.24, 2.45) is 0 Å². The number of halogens is 1. The zero-order chi connectivity index (χ0) is 17.2. The predicted molar refractivity (Wildman–Crippen MR) is 98.8 cm³/mol. The maximum Gasteiger partial charge on any atom is 0.231 e. The smallest absolute Gasteiger partial charge is 0.231 e. The number of nitrogens with zero attached hydrogens (tertiary/aromatic N) is 3. The minimum Gasteiger partial charge on any atom is -0.339 e. The first-order valence-electron chi connectivity index (χ1n) is 8.54. The van der Waals surface area contributed by atoms with E-state index in [0.717, 1.165) is 30.1 Å². The SMILES string of the molecule is CN1CCC(c2ccc(Cl)cc2)C(c2nc(-c3ccccc3)no2)C1. The summed E-state index contributed by atoms with van der Waals surface area (Å²) in [6.45, 7) is 1.97. The zero-order valence-electron chi connectivity index (χ0n) is 14.1. The van der Waals surface area contributed by atoms with Crippen molar-refractivity contribution in [2.75, 3.05) is 20.1 Å². The van der Waals surface area contributed by atoms with E-state index in [4.69, 9.17) is 21.1 Å². The maximum atomic E-state index is 6.05. The summed E-state index contributed by atoms with van der Waals surface area (Å²) >= 11 is 6.05. The molecular weight excluding hydrogens is 334 g/mol. The second-order valence-corrected chi connectivity index (χ2v) is 7.07. The van der Waals surface area contributed by atoms with Gasteiger partial charge in [0.1, 0.15) is 0 Å².